The summed E-state index contributed by atoms with van der Waals surface area (Å²) in [5.41, 5.74) is 15.6. The number of nitrogens with two attached hydrogens (primary N) is 3. The average Bonchev–Trinajstić information content (AvgIpc) is 2.55. The first-order valence-electron chi connectivity index (χ1n) is 7.86. The lowest BCUT2D eigenvalue weighted by Crippen LogP contribution is -2.56. The molecule has 27 heavy (non-hydrogen) atoms. The maximum Gasteiger partial charge on any atom is 0.322 e. The summed E-state index contributed by atoms with van der Waals surface area (Å²) in [6, 6.07) is -3.71. The van der Waals surface area contributed by atoms with Crippen LogP contribution in [0, 0.1) is 0 Å². The topological polar surface area (TPSA) is 237 Å². The summed E-state index contributed by atoms with van der Waals surface area (Å²) < 4.78 is 0. The summed E-state index contributed by atoms with van der Waals surface area (Å²) in [6.45, 7) is 0.631. The normalized spacial score (nSPS) is 13.6. The lowest BCUT2D eigenvalue weighted by Gasteiger charge is -2.21. The highest BCUT2D eigenvalue weighted by Gasteiger charge is 2.27. The molecule has 5 amide bonds. The Hall–Kier alpha value is -3.22. The average molecular weight is 388 g/mol. The van der Waals surface area contributed by atoms with E-state index >= 15 is 0 Å². The van der Waals surface area contributed by atoms with Gasteiger partial charge in [0.15, 0.2) is 0 Å². The van der Waals surface area contributed by atoms with Gasteiger partial charge >= 0.3 is 5.97 Å². The standard InChI is InChI=1S/C14H24N6O7/c1-6(12(25)18-5-11(23)24)19-14(27)8(4-10(17)22)20-13(26)7(15)2-3-9(16)21/h6-8H,2-5,15H2,1H3,(H2,16,21)(H2,17,22)(H,18,25)(H,19,27)(H,20,26)(H,23,24). The van der Waals surface area contributed by atoms with Crippen LogP contribution < -0.4 is 33.2 Å². The Balaban J connectivity index is 4.86. The summed E-state index contributed by atoms with van der Waals surface area (Å²) in [5, 5.41) is 15.0. The van der Waals surface area contributed by atoms with Gasteiger partial charge in [-0.05, 0) is 13.3 Å². The number of rotatable bonds is 12. The van der Waals surface area contributed by atoms with Gasteiger partial charge in [0.1, 0.15) is 18.6 Å². The van der Waals surface area contributed by atoms with E-state index in [0.717, 1.165) is 0 Å². The molecular weight excluding hydrogens is 364 g/mol. The first-order valence-corrected chi connectivity index (χ1v) is 7.86. The molecule has 0 rings (SSSR count). The van der Waals surface area contributed by atoms with Crippen LogP contribution in [0.25, 0.3) is 0 Å². The highest BCUT2D eigenvalue weighted by molar-refractivity contribution is 5.95. The number of hydrogen-bond acceptors (Lipinski definition) is 7. The Labute approximate surface area is 154 Å². The van der Waals surface area contributed by atoms with Gasteiger partial charge in [0.25, 0.3) is 0 Å². The van der Waals surface area contributed by atoms with Gasteiger partial charge in [-0.2, -0.15) is 0 Å². The number of nitrogens with one attached hydrogen (secondary N) is 3. The molecule has 0 aromatic heterocycles. The van der Waals surface area contributed by atoms with Crippen molar-refractivity contribution in [1.82, 2.24) is 16.0 Å². The molecule has 0 saturated carbocycles. The van der Waals surface area contributed by atoms with Gasteiger partial charge in [0.2, 0.25) is 29.5 Å². The van der Waals surface area contributed by atoms with Gasteiger partial charge in [-0.25, -0.2) is 0 Å². The molecule has 0 aliphatic rings. The second kappa shape index (κ2) is 11.4. The summed E-state index contributed by atoms with van der Waals surface area (Å²) in [5.74, 6) is -5.34. The van der Waals surface area contributed by atoms with Crippen LogP contribution in [0.5, 0.6) is 0 Å². The van der Waals surface area contributed by atoms with Crippen LogP contribution in [0.4, 0.5) is 0 Å². The van der Waals surface area contributed by atoms with Crippen LogP contribution in [-0.4, -0.2) is 65.3 Å². The highest BCUT2D eigenvalue weighted by atomic mass is 16.4. The van der Waals surface area contributed by atoms with Crippen molar-refractivity contribution in [1.29, 1.82) is 0 Å². The van der Waals surface area contributed by atoms with Crippen LogP contribution in [0.15, 0.2) is 0 Å². The third-order valence-corrected chi connectivity index (χ3v) is 3.24. The second-order valence-corrected chi connectivity index (χ2v) is 5.68. The van der Waals surface area contributed by atoms with Gasteiger partial charge in [-0.1, -0.05) is 0 Å². The lowest BCUT2D eigenvalue weighted by atomic mass is 10.1. The summed E-state index contributed by atoms with van der Waals surface area (Å²) in [4.78, 5) is 68.1. The zero-order valence-electron chi connectivity index (χ0n) is 14.7. The van der Waals surface area contributed by atoms with Crippen LogP contribution >= 0.6 is 0 Å². The minimum Gasteiger partial charge on any atom is -0.480 e. The van der Waals surface area contributed by atoms with Gasteiger partial charge in [-0.3, -0.25) is 28.8 Å². The van der Waals surface area contributed by atoms with Crippen LogP contribution in [-0.2, 0) is 28.8 Å². The molecule has 10 N–H and O–H groups in total. The maximum atomic E-state index is 12.2. The van der Waals surface area contributed by atoms with Crippen molar-refractivity contribution in [2.24, 2.45) is 17.2 Å². The van der Waals surface area contributed by atoms with Crippen molar-refractivity contribution in [2.75, 3.05) is 6.54 Å². The molecule has 0 aliphatic heterocycles. The van der Waals surface area contributed by atoms with Crippen molar-refractivity contribution < 1.29 is 33.9 Å². The lowest BCUT2D eigenvalue weighted by molar-refractivity contribution is -0.138. The Morgan fingerprint density at radius 2 is 1.52 bits per heavy atom. The molecule has 13 heteroatoms. The molecule has 0 heterocycles. The van der Waals surface area contributed by atoms with Crippen LogP contribution in [0.3, 0.4) is 0 Å². The van der Waals surface area contributed by atoms with E-state index in [-0.39, 0.29) is 12.8 Å². The number of hydrogen-bond donors (Lipinski definition) is 7. The minimum absolute atomic E-state index is 0.0694. The number of primary amides is 2. The third kappa shape index (κ3) is 10.4. The zero-order chi connectivity index (χ0) is 21.1. The molecular formula is C14H24N6O7. The number of aliphatic carboxylic acids is 1. The van der Waals surface area contributed by atoms with E-state index in [4.69, 9.17) is 22.3 Å². The molecule has 0 bridgehead atoms. The molecule has 0 aromatic rings. The first-order chi connectivity index (χ1) is 12.4. The molecule has 3 atom stereocenters. The molecule has 0 aromatic carbocycles. The molecule has 152 valence electrons. The Bertz CT molecular complexity index is 609. The quantitative estimate of drug-likeness (QED) is 0.172. The summed E-state index contributed by atoms with van der Waals surface area (Å²) in [7, 11) is 0. The largest absolute Gasteiger partial charge is 0.480 e. The summed E-state index contributed by atoms with van der Waals surface area (Å²) in [6.07, 6.45) is -0.786. The number of carboxylic acid groups (broad SMARTS) is 1. The molecule has 0 aliphatic carbocycles. The van der Waals surface area contributed by atoms with E-state index in [0.29, 0.717) is 0 Å². The first kappa shape index (κ1) is 23.8. The molecule has 3 unspecified atom stereocenters. The molecule has 0 radical (unpaired) electrons. The van der Waals surface area contributed by atoms with E-state index in [1.807, 2.05) is 0 Å². The minimum atomic E-state index is -1.41. The van der Waals surface area contributed by atoms with E-state index in [1.54, 1.807) is 0 Å². The zero-order valence-corrected chi connectivity index (χ0v) is 14.7. The van der Waals surface area contributed by atoms with Crippen LogP contribution in [0.2, 0.25) is 0 Å². The number of amides is 5. The van der Waals surface area contributed by atoms with E-state index in [2.05, 4.69) is 16.0 Å². The van der Waals surface area contributed by atoms with Gasteiger partial charge in [0.05, 0.1) is 12.5 Å². The van der Waals surface area contributed by atoms with E-state index < -0.39 is 66.6 Å². The fourth-order valence-corrected chi connectivity index (χ4v) is 1.81. The van der Waals surface area contributed by atoms with Crippen molar-refractivity contribution >= 4 is 35.5 Å². The number of carboxylic acids is 1. The Kier molecular flexibility index (Phi) is 10.0. The van der Waals surface area contributed by atoms with Crippen molar-refractivity contribution in [3.63, 3.8) is 0 Å². The van der Waals surface area contributed by atoms with Gasteiger partial charge in [0, 0.05) is 6.42 Å². The predicted molar refractivity (Wildman–Crippen MR) is 90.4 cm³/mol. The monoisotopic (exact) mass is 388 g/mol. The second-order valence-electron chi connectivity index (χ2n) is 5.68. The number of carbonyl (C=O) groups excluding carboxylic acids is 5. The van der Waals surface area contributed by atoms with Gasteiger partial charge < -0.3 is 38.3 Å². The fourth-order valence-electron chi connectivity index (χ4n) is 1.81. The third-order valence-electron chi connectivity index (χ3n) is 3.24. The van der Waals surface area contributed by atoms with Crippen LogP contribution in [0.1, 0.15) is 26.2 Å². The summed E-state index contributed by atoms with van der Waals surface area (Å²) >= 11 is 0. The van der Waals surface area contributed by atoms with Crippen molar-refractivity contribution in [3.05, 3.63) is 0 Å². The SMILES string of the molecule is CC(NC(=O)C(CC(N)=O)NC(=O)C(N)CCC(N)=O)C(=O)NCC(=O)O. The fraction of sp³-hybridized carbons (Fsp3) is 0.571. The Morgan fingerprint density at radius 1 is 0.926 bits per heavy atom. The number of carbonyl (C=O) groups is 6. The molecule has 0 spiro atoms. The molecule has 0 saturated heterocycles. The molecule has 13 nitrogen and oxygen atoms in total. The highest BCUT2D eigenvalue weighted by Crippen LogP contribution is 1.99. The van der Waals surface area contributed by atoms with Gasteiger partial charge in [-0.15, -0.1) is 0 Å². The predicted octanol–water partition coefficient (Wildman–Crippen LogP) is -4.36. The van der Waals surface area contributed by atoms with Crippen molar-refractivity contribution in [2.45, 2.75) is 44.3 Å². The van der Waals surface area contributed by atoms with E-state index in [1.165, 1.54) is 6.92 Å². The smallest absolute Gasteiger partial charge is 0.322 e. The Morgan fingerprint density at radius 3 is 2.00 bits per heavy atom. The maximum absolute atomic E-state index is 12.2. The van der Waals surface area contributed by atoms with E-state index in [9.17, 15) is 28.8 Å². The van der Waals surface area contributed by atoms with Crippen molar-refractivity contribution in [3.8, 4) is 0 Å². The molecule has 0 fully saturated rings.